The minimum Gasteiger partial charge on any atom is -0.456 e. The first-order valence-corrected chi connectivity index (χ1v) is 21.1. The minimum absolute atomic E-state index is 0.655. The Morgan fingerprint density at radius 1 is 0.433 bits per heavy atom. The molecule has 0 unspecified atom stereocenters. The number of para-hydroxylation sites is 1. The molecule has 0 radical (unpaired) electrons. The van der Waals surface area contributed by atoms with Crippen LogP contribution in [0.25, 0.3) is 141 Å². The van der Waals surface area contributed by atoms with Gasteiger partial charge in [-0.3, -0.25) is 4.57 Å². The summed E-state index contributed by atoms with van der Waals surface area (Å²) in [4.78, 5) is 12.1. The molecule has 0 aliphatic heterocycles. The highest BCUT2D eigenvalue weighted by Crippen LogP contribution is 2.51. The van der Waals surface area contributed by atoms with Gasteiger partial charge in [0, 0.05) is 69.8 Å². The van der Waals surface area contributed by atoms with E-state index in [1.54, 1.807) is 11.3 Å². The van der Waals surface area contributed by atoms with E-state index >= 15 is 0 Å². The minimum atomic E-state index is 0.655. The van der Waals surface area contributed by atoms with Crippen LogP contribution in [0.3, 0.4) is 0 Å². The molecule has 0 N–H and O–H groups in total. The van der Waals surface area contributed by atoms with Gasteiger partial charge in [0.05, 0.1) is 27.8 Å². The molecule has 0 bridgehead atoms. The van der Waals surface area contributed by atoms with E-state index in [1.165, 1.54) is 75.2 Å². The molecule has 1 aliphatic carbocycles. The fourth-order valence-corrected chi connectivity index (χ4v) is 11.7. The van der Waals surface area contributed by atoms with Gasteiger partial charge < -0.3 is 8.98 Å². The predicted octanol–water partition coefficient (Wildman–Crippen LogP) is 14.9. The Morgan fingerprint density at radius 3 is 2.07 bits per heavy atom. The zero-order chi connectivity index (χ0) is 38.8. The lowest BCUT2D eigenvalue weighted by Gasteiger charge is -2.13. The second kappa shape index (κ2) is 11.0. The number of furan rings is 1. The molecule has 14 aromatic rings. The zero-order valence-corrected chi connectivity index (χ0v) is 32.6. The maximum absolute atomic E-state index is 6.60. The molecule has 0 amide bonds. The average Bonchev–Trinajstić information content (AvgIpc) is 4.04. The van der Waals surface area contributed by atoms with Crippen LogP contribution in [0.4, 0.5) is 0 Å². The van der Waals surface area contributed by atoms with Crippen molar-refractivity contribution in [1.82, 2.24) is 19.1 Å². The SMILES string of the molecule is c1ccc(-n2c3cc(-c4nc(-n5c6cccc7c6c6c8c(ccc65)oc5ccc6cccc-7c6c58)nc5sc6ccccc6c45)ccc3c3ccc4ccccc4c32)cc1. The van der Waals surface area contributed by atoms with Crippen LogP contribution in [-0.2, 0) is 0 Å². The Hall–Kier alpha value is -7.80. The van der Waals surface area contributed by atoms with E-state index in [1.807, 2.05) is 0 Å². The van der Waals surface area contributed by atoms with Crippen LogP contribution in [-0.4, -0.2) is 19.1 Å². The van der Waals surface area contributed by atoms with Crippen molar-refractivity contribution < 1.29 is 4.42 Å². The van der Waals surface area contributed by atoms with Crippen LogP contribution in [0.15, 0.2) is 174 Å². The fraction of sp³-hybridized carbons (Fsp3) is 0. The number of hydrogen-bond acceptors (Lipinski definition) is 4. The van der Waals surface area contributed by atoms with E-state index in [4.69, 9.17) is 14.4 Å². The van der Waals surface area contributed by atoms with E-state index < -0.39 is 0 Å². The van der Waals surface area contributed by atoms with E-state index in [0.717, 1.165) is 60.3 Å². The summed E-state index contributed by atoms with van der Waals surface area (Å²) < 4.78 is 12.5. The Morgan fingerprint density at radius 2 is 1.15 bits per heavy atom. The molecule has 0 atom stereocenters. The molecule has 5 heterocycles. The summed E-state index contributed by atoms with van der Waals surface area (Å²) in [6, 6.07) is 61.5. The standard InChI is InChI=1S/C54H28N4OS/c1-2-12-32(13-3-1)57-41-28-31(21-23-34(41)37-24-20-29-10-4-5-14-33(29)52(37)57)51-47-38-15-6-7-19-44(38)60-53(47)56-54(55-51)58-39-18-9-17-36-35-16-8-11-30-22-26-42-49(45(30)35)50-43(59-42)27-25-40(58)48(50)46(36)39/h1-28H. The van der Waals surface area contributed by atoms with Gasteiger partial charge in [0.2, 0.25) is 5.95 Å². The Kier molecular flexibility index (Phi) is 5.74. The van der Waals surface area contributed by atoms with Crippen molar-refractivity contribution in [3.8, 4) is 34.0 Å². The molecule has 60 heavy (non-hydrogen) atoms. The number of hydrogen-bond donors (Lipinski definition) is 0. The lowest BCUT2D eigenvalue weighted by Crippen LogP contribution is -2.03. The van der Waals surface area contributed by atoms with Crippen molar-refractivity contribution in [2.24, 2.45) is 0 Å². The summed E-state index contributed by atoms with van der Waals surface area (Å²) in [6.07, 6.45) is 0. The molecule has 276 valence electrons. The summed E-state index contributed by atoms with van der Waals surface area (Å²) in [5.41, 5.74) is 11.8. The van der Waals surface area contributed by atoms with E-state index in [0.29, 0.717) is 5.95 Å². The van der Waals surface area contributed by atoms with Gasteiger partial charge in [-0.2, -0.15) is 0 Å². The Bertz CT molecular complexity index is 4240. The molecule has 0 spiro atoms. The smallest absolute Gasteiger partial charge is 0.236 e. The van der Waals surface area contributed by atoms with Crippen molar-refractivity contribution in [3.05, 3.63) is 170 Å². The van der Waals surface area contributed by atoms with Gasteiger partial charge in [0.15, 0.2) is 0 Å². The molecule has 0 saturated heterocycles. The van der Waals surface area contributed by atoms with Gasteiger partial charge in [-0.25, -0.2) is 9.97 Å². The number of rotatable bonds is 3. The van der Waals surface area contributed by atoms with Crippen molar-refractivity contribution >= 4 is 119 Å². The predicted molar refractivity (Wildman–Crippen MR) is 250 cm³/mol. The maximum Gasteiger partial charge on any atom is 0.236 e. The van der Waals surface area contributed by atoms with E-state index in [2.05, 4.69) is 179 Å². The first-order chi connectivity index (χ1) is 29.8. The first kappa shape index (κ1) is 31.2. The summed E-state index contributed by atoms with van der Waals surface area (Å²) in [5, 5.41) is 14.3. The largest absolute Gasteiger partial charge is 0.456 e. The molecule has 0 saturated carbocycles. The summed E-state index contributed by atoms with van der Waals surface area (Å²) in [6.45, 7) is 0. The van der Waals surface area contributed by atoms with Crippen LogP contribution >= 0.6 is 11.3 Å². The lowest BCUT2D eigenvalue weighted by atomic mass is 9.95. The Balaban J connectivity index is 1.08. The van der Waals surface area contributed by atoms with E-state index in [9.17, 15) is 0 Å². The van der Waals surface area contributed by atoms with Crippen LogP contribution in [0.2, 0.25) is 0 Å². The summed E-state index contributed by atoms with van der Waals surface area (Å²) in [7, 11) is 0. The molecule has 15 rings (SSSR count). The quantitative estimate of drug-likeness (QED) is 0.179. The summed E-state index contributed by atoms with van der Waals surface area (Å²) in [5.74, 6) is 0.655. The third-order valence-corrected chi connectivity index (χ3v) is 14.1. The molecule has 5 aromatic heterocycles. The summed E-state index contributed by atoms with van der Waals surface area (Å²) >= 11 is 1.73. The fourth-order valence-electron chi connectivity index (χ4n) is 10.6. The highest BCUT2D eigenvalue weighted by molar-refractivity contribution is 7.25. The number of aromatic nitrogens is 4. The van der Waals surface area contributed by atoms with E-state index in [-0.39, 0.29) is 0 Å². The average molecular weight is 781 g/mol. The third-order valence-electron chi connectivity index (χ3n) is 13.1. The first-order valence-electron chi connectivity index (χ1n) is 20.3. The number of benzene rings is 9. The zero-order valence-electron chi connectivity index (χ0n) is 31.8. The van der Waals surface area contributed by atoms with Gasteiger partial charge in [-0.15, -0.1) is 11.3 Å². The number of fused-ring (bicyclic) bond motifs is 9. The van der Waals surface area contributed by atoms with Crippen LogP contribution in [0.5, 0.6) is 0 Å². The number of thiophene rings is 1. The van der Waals surface area contributed by atoms with Gasteiger partial charge >= 0.3 is 0 Å². The second-order valence-electron chi connectivity index (χ2n) is 16.0. The third kappa shape index (κ3) is 3.83. The molecule has 5 nitrogen and oxygen atoms in total. The topological polar surface area (TPSA) is 48.8 Å². The molecular formula is C54H28N4OS. The maximum atomic E-state index is 6.60. The van der Waals surface area contributed by atoms with Gasteiger partial charge in [0.25, 0.3) is 0 Å². The van der Waals surface area contributed by atoms with Gasteiger partial charge in [0.1, 0.15) is 16.0 Å². The molecule has 6 heteroatoms. The normalized spacial score (nSPS) is 12.7. The van der Waals surface area contributed by atoms with Crippen molar-refractivity contribution in [2.45, 2.75) is 0 Å². The van der Waals surface area contributed by atoms with Crippen LogP contribution in [0.1, 0.15) is 0 Å². The molecule has 9 aromatic carbocycles. The van der Waals surface area contributed by atoms with Crippen molar-refractivity contribution in [3.63, 3.8) is 0 Å². The van der Waals surface area contributed by atoms with Crippen molar-refractivity contribution in [2.75, 3.05) is 0 Å². The van der Waals surface area contributed by atoms with Crippen LogP contribution < -0.4 is 0 Å². The van der Waals surface area contributed by atoms with Crippen LogP contribution in [0, 0.1) is 0 Å². The Labute approximate surface area is 344 Å². The van der Waals surface area contributed by atoms with Gasteiger partial charge in [-0.1, -0.05) is 121 Å². The second-order valence-corrected chi connectivity index (χ2v) is 17.1. The van der Waals surface area contributed by atoms with Crippen molar-refractivity contribution in [1.29, 1.82) is 0 Å². The van der Waals surface area contributed by atoms with Gasteiger partial charge in [-0.05, 0) is 70.4 Å². The highest BCUT2D eigenvalue weighted by Gasteiger charge is 2.28. The highest BCUT2D eigenvalue weighted by atomic mass is 32.1. The monoisotopic (exact) mass is 780 g/mol. The number of nitrogens with zero attached hydrogens (tertiary/aromatic N) is 4. The molecule has 1 aliphatic rings. The molecule has 0 fully saturated rings. The molecular weight excluding hydrogens is 753 g/mol. The lowest BCUT2D eigenvalue weighted by molar-refractivity contribution is 0.669.